The molecule has 5 nitrogen and oxygen atoms in total. The maximum Gasteiger partial charge on any atom is 0.215 e. The maximum atomic E-state index is 5.73. The lowest BCUT2D eigenvalue weighted by Gasteiger charge is -2.26. The van der Waals surface area contributed by atoms with Crippen LogP contribution in [0.1, 0.15) is 27.7 Å². The second-order valence-corrected chi connectivity index (χ2v) is 4.79. The summed E-state index contributed by atoms with van der Waals surface area (Å²) in [5.41, 5.74) is 12.6. The van der Waals surface area contributed by atoms with Crippen molar-refractivity contribution >= 4 is 11.7 Å². The number of nitrogens with one attached hydrogen (secondary N) is 1. The molecule has 19 heavy (non-hydrogen) atoms. The van der Waals surface area contributed by atoms with Gasteiger partial charge in [0.15, 0.2) is 0 Å². The Labute approximate surface area is 117 Å². The zero-order chi connectivity index (χ0) is 15.2. The standard InChI is InChI=1S/C14H27N5/c1-9(2)11(5)13(19(8)17-7)12(10(3)4)18-14(15)16-6/h9,17H,3H2,1-2,4-8H3,(H2,15,16)/b13-11+,18-12+. The largest absolute Gasteiger partial charge is 0.368 e. The van der Waals surface area contributed by atoms with E-state index in [4.69, 9.17) is 5.73 Å². The van der Waals surface area contributed by atoms with Crippen LogP contribution in [0.2, 0.25) is 0 Å². The minimum atomic E-state index is 0.247. The first-order valence-electron chi connectivity index (χ1n) is 6.35. The van der Waals surface area contributed by atoms with Crippen molar-refractivity contribution in [3.63, 3.8) is 0 Å². The van der Waals surface area contributed by atoms with E-state index in [-0.39, 0.29) is 5.96 Å². The third-order valence-corrected chi connectivity index (χ3v) is 2.99. The van der Waals surface area contributed by atoms with Crippen molar-refractivity contribution in [3.05, 3.63) is 23.4 Å². The van der Waals surface area contributed by atoms with Crippen LogP contribution >= 0.6 is 0 Å². The van der Waals surface area contributed by atoms with Crippen LogP contribution < -0.4 is 11.2 Å². The van der Waals surface area contributed by atoms with E-state index in [0.29, 0.717) is 5.92 Å². The van der Waals surface area contributed by atoms with Crippen LogP contribution in [0.3, 0.4) is 0 Å². The topological polar surface area (TPSA) is 66.0 Å². The number of nitrogens with two attached hydrogens (primary N) is 1. The summed E-state index contributed by atoms with van der Waals surface area (Å²) in [6.07, 6.45) is 0. The first-order chi connectivity index (χ1) is 8.76. The molecule has 0 aliphatic heterocycles. The third-order valence-electron chi connectivity index (χ3n) is 2.99. The fourth-order valence-corrected chi connectivity index (χ4v) is 1.51. The van der Waals surface area contributed by atoms with Gasteiger partial charge in [-0.3, -0.25) is 4.99 Å². The van der Waals surface area contributed by atoms with E-state index >= 15 is 0 Å². The molecule has 3 N–H and O–H groups in total. The highest BCUT2D eigenvalue weighted by Gasteiger charge is 2.17. The molecule has 108 valence electrons. The van der Waals surface area contributed by atoms with E-state index in [1.54, 1.807) is 7.05 Å². The fraction of sp³-hybridized carbons (Fsp3) is 0.571. The van der Waals surface area contributed by atoms with Gasteiger partial charge in [0.05, 0.1) is 11.4 Å². The molecule has 0 saturated carbocycles. The first-order valence-corrected chi connectivity index (χ1v) is 6.35. The Kier molecular flexibility index (Phi) is 7.08. The number of rotatable bonds is 5. The SMILES string of the molecule is C=C(C)C(=N\C(N)=NC)/C(=C(/C)C(C)C)N(C)NC. The highest BCUT2D eigenvalue weighted by atomic mass is 15.5. The lowest BCUT2D eigenvalue weighted by molar-refractivity contribution is 0.342. The summed E-state index contributed by atoms with van der Waals surface area (Å²) in [6, 6.07) is 0. The van der Waals surface area contributed by atoms with Crippen molar-refractivity contribution in [1.82, 2.24) is 10.4 Å². The molecule has 0 heterocycles. The molecule has 0 fully saturated rings. The molecular weight excluding hydrogens is 238 g/mol. The summed E-state index contributed by atoms with van der Waals surface area (Å²) >= 11 is 0. The Morgan fingerprint density at radius 1 is 1.32 bits per heavy atom. The van der Waals surface area contributed by atoms with Gasteiger partial charge in [-0.25, -0.2) is 10.4 Å². The Hall–Kier alpha value is -1.62. The van der Waals surface area contributed by atoms with Gasteiger partial charge in [-0.1, -0.05) is 20.4 Å². The van der Waals surface area contributed by atoms with Crippen LogP contribution in [0.5, 0.6) is 0 Å². The van der Waals surface area contributed by atoms with Crippen molar-refractivity contribution in [2.24, 2.45) is 21.6 Å². The summed E-state index contributed by atoms with van der Waals surface area (Å²) < 4.78 is 0. The molecule has 0 bridgehead atoms. The van der Waals surface area contributed by atoms with Crippen LogP contribution in [-0.2, 0) is 0 Å². The summed E-state index contributed by atoms with van der Waals surface area (Å²) in [6.45, 7) is 12.3. The van der Waals surface area contributed by atoms with Crippen molar-refractivity contribution in [3.8, 4) is 0 Å². The van der Waals surface area contributed by atoms with Crippen molar-refractivity contribution < 1.29 is 0 Å². The smallest absolute Gasteiger partial charge is 0.215 e. The first kappa shape index (κ1) is 17.4. The van der Waals surface area contributed by atoms with Crippen LogP contribution in [0, 0.1) is 5.92 Å². The molecule has 0 aromatic rings. The van der Waals surface area contributed by atoms with Crippen molar-refractivity contribution in [2.75, 3.05) is 21.1 Å². The molecule has 5 heteroatoms. The van der Waals surface area contributed by atoms with E-state index < -0.39 is 0 Å². The van der Waals surface area contributed by atoms with Gasteiger partial charge in [0.1, 0.15) is 0 Å². The van der Waals surface area contributed by atoms with Gasteiger partial charge in [-0.05, 0) is 30.9 Å². The maximum absolute atomic E-state index is 5.73. The van der Waals surface area contributed by atoms with E-state index in [0.717, 1.165) is 17.0 Å². The third kappa shape index (κ3) is 4.87. The summed E-state index contributed by atoms with van der Waals surface area (Å²) in [5, 5.41) is 1.92. The number of hydrogen-bond donors (Lipinski definition) is 2. The van der Waals surface area contributed by atoms with Gasteiger partial charge in [-0.15, -0.1) is 0 Å². The van der Waals surface area contributed by atoms with E-state index in [1.165, 1.54) is 5.57 Å². The average molecular weight is 265 g/mol. The minimum Gasteiger partial charge on any atom is -0.368 e. The van der Waals surface area contributed by atoms with Crippen molar-refractivity contribution in [2.45, 2.75) is 27.7 Å². The van der Waals surface area contributed by atoms with Gasteiger partial charge in [0, 0.05) is 21.1 Å². The number of aliphatic imine (C=N–C) groups is 2. The van der Waals surface area contributed by atoms with Crippen LogP contribution in [0.25, 0.3) is 0 Å². The Morgan fingerprint density at radius 2 is 1.84 bits per heavy atom. The summed E-state index contributed by atoms with van der Waals surface area (Å²) in [7, 11) is 5.43. The quantitative estimate of drug-likeness (QED) is 0.453. The number of nitrogens with zero attached hydrogens (tertiary/aromatic N) is 3. The van der Waals surface area contributed by atoms with Crippen LogP contribution in [0.4, 0.5) is 0 Å². The molecule has 0 aromatic carbocycles. The number of guanidine groups is 1. The lowest BCUT2D eigenvalue weighted by atomic mass is 9.98. The zero-order valence-corrected chi connectivity index (χ0v) is 13.2. The Bertz CT molecular complexity index is 416. The van der Waals surface area contributed by atoms with Crippen LogP contribution in [-0.4, -0.2) is 37.8 Å². The Morgan fingerprint density at radius 3 is 2.16 bits per heavy atom. The number of allylic oxidation sites excluding steroid dienone is 2. The fourth-order valence-electron chi connectivity index (χ4n) is 1.51. The molecule has 0 rings (SSSR count). The van der Waals surface area contributed by atoms with Gasteiger partial charge in [0.2, 0.25) is 5.96 Å². The molecule has 0 atom stereocenters. The molecule has 0 spiro atoms. The predicted octanol–water partition coefficient (Wildman–Crippen LogP) is 1.94. The zero-order valence-electron chi connectivity index (χ0n) is 13.2. The highest BCUT2D eigenvalue weighted by molar-refractivity contribution is 6.15. The molecule has 0 aliphatic rings. The molecule has 0 saturated heterocycles. The normalized spacial score (nSPS) is 14.5. The van der Waals surface area contributed by atoms with E-state index in [9.17, 15) is 0 Å². The molecule has 0 aliphatic carbocycles. The van der Waals surface area contributed by atoms with Gasteiger partial charge in [-0.2, -0.15) is 0 Å². The second kappa shape index (κ2) is 7.74. The summed E-state index contributed by atoms with van der Waals surface area (Å²) in [4.78, 5) is 8.26. The number of hydrogen-bond acceptors (Lipinski definition) is 3. The van der Waals surface area contributed by atoms with Gasteiger partial charge in [0.25, 0.3) is 0 Å². The van der Waals surface area contributed by atoms with Gasteiger partial charge >= 0.3 is 0 Å². The Balaban J connectivity index is 6.02. The molecule has 0 radical (unpaired) electrons. The highest BCUT2D eigenvalue weighted by Crippen LogP contribution is 2.20. The molecule has 0 unspecified atom stereocenters. The minimum absolute atomic E-state index is 0.247. The second-order valence-electron chi connectivity index (χ2n) is 4.79. The molecular formula is C14H27N5. The van der Waals surface area contributed by atoms with E-state index in [1.807, 2.05) is 26.0 Å². The van der Waals surface area contributed by atoms with Crippen molar-refractivity contribution in [1.29, 1.82) is 0 Å². The van der Waals surface area contributed by atoms with E-state index in [2.05, 4.69) is 42.8 Å². The van der Waals surface area contributed by atoms with Crippen LogP contribution in [0.15, 0.2) is 33.4 Å². The predicted molar refractivity (Wildman–Crippen MR) is 84.2 cm³/mol. The monoisotopic (exact) mass is 265 g/mol. The average Bonchev–Trinajstić information content (AvgIpc) is 2.36. The molecule has 0 aromatic heterocycles. The van der Waals surface area contributed by atoms with Gasteiger partial charge < -0.3 is 10.7 Å². The number of hydrazine groups is 1. The molecule has 0 amide bonds. The summed E-state index contributed by atoms with van der Waals surface area (Å²) in [5.74, 6) is 0.645. The lowest BCUT2D eigenvalue weighted by Crippen LogP contribution is -2.36.